The van der Waals surface area contributed by atoms with Gasteiger partial charge >= 0.3 is 0 Å². The molecule has 0 fully saturated rings. The van der Waals surface area contributed by atoms with E-state index in [1.165, 1.54) is 6.33 Å². The zero-order chi connectivity index (χ0) is 13.1. The molecule has 1 atom stereocenters. The molecule has 2 rings (SSSR count). The van der Waals surface area contributed by atoms with Crippen LogP contribution >= 0.6 is 0 Å². The normalized spacial score (nSPS) is 12.3. The Morgan fingerprint density at radius 2 is 2.44 bits per heavy atom. The first-order valence-corrected chi connectivity index (χ1v) is 5.60. The quantitative estimate of drug-likeness (QED) is 0.710. The Morgan fingerprint density at radius 3 is 3.00 bits per heavy atom. The average molecular weight is 249 g/mol. The number of rotatable bonds is 4. The van der Waals surface area contributed by atoms with Crippen LogP contribution in [0.5, 0.6) is 0 Å². The minimum atomic E-state index is -0.330. The van der Waals surface area contributed by atoms with E-state index in [2.05, 4.69) is 25.6 Å². The van der Waals surface area contributed by atoms with Crippen LogP contribution in [-0.4, -0.2) is 30.9 Å². The van der Waals surface area contributed by atoms with Crippen molar-refractivity contribution in [3.63, 3.8) is 0 Å². The Kier molecular flexibility index (Phi) is 3.26. The van der Waals surface area contributed by atoms with E-state index < -0.39 is 0 Å². The lowest BCUT2D eigenvalue weighted by atomic mass is 10.3. The Labute approximate surface area is 104 Å². The minimum Gasteiger partial charge on any atom is -0.396 e. The molecule has 0 spiro atoms. The number of hydrogen-bond acceptors (Lipinski definition) is 5. The molecular weight excluding hydrogens is 234 g/mol. The zero-order valence-corrected chi connectivity index (χ0v) is 10.2. The minimum absolute atomic E-state index is 0.225. The number of carbonyl (C=O) groups excluding carboxylic acids is 1. The maximum atomic E-state index is 12.0. The molecular formula is C10H15N7O. The van der Waals surface area contributed by atoms with Crippen LogP contribution in [-0.2, 0) is 6.54 Å². The Balaban J connectivity index is 2.09. The number of nitrogens with two attached hydrogens (primary N) is 1. The smallest absolute Gasteiger partial charge is 0.274 e. The highest BCUT2D eigenvalue weighted by atomic mass is 16.2. The van der Waals surface area contributed by atoms with Crippen LogP contribution in [0.1, 0.15) is 36.2 Å². The van der Waals surface area contributed by atoms with Gasteiger partial charge in [0.05, 0.1) is 11.7 Å². The molecule has 0 saturated carbocycles. The first-order chi connectivity index (χ1) is 8.61. The number of nitrogens with one attached hydrogen (secondary N) is 2. The fourth-order valence-corrected chi connectivity index (χ4v) is 1.53. The Hall–Kier alpha value is -2.38. The first-order valence-electron chi connectivity index (χ1n) is 5.60. The van der Waals surface area contributed by atoms with Gasteiger partial charge in [-0.15, -0.1) is 0 Å². The van der Waals surface area contributed by atoms with Crippen LogP contribution in [0.2, 0.25) is 0 Å². The number of nitrogen functional groups attached to an aromatic ring is 1. The summed E-state index contributed by atoms with van der Waals surface area (Å²) in [5.41, 5.74) is 6.32. The highest BCUT2D eigenvalue weighted by Gasteiger charge is 2.18. The fourth-order valence-electron chi connectivity index (χ4n) is 1.53. The Morgan fingerprint density at radius 1 is 1.67 bits per heavy atom. The van der Waals surface area contributed by atoms with Crippen molar-refractivity contribution in [3.05, 3.63) is 24.0 Å². The number of aromatic amines is 1. The number of hydrogen-bond donors (Lipinski definition) is 3. The summed E-state index contributed by atoms with van der Waals surface area (Å²) in [6.07, 6.45) is 3.02. The number of aryl methyl sites for hydroxylation is 1. The van der Waals surface area contributed by atoms with Crippen molar-refractivity contribution in [2.24, 2.45) is 0 Å². The molecule has 1 unspecified atom stereocenters. The Bertz CT molecular complexity index is 530. The number of amides is 1. The van der Waals surface area contributed by atoms with Gasteiger partial charge in [0.15, 0.2) is 5.69 Å². The molecule has 0 saturated heterocycles. The SMILES string of the molecule is CCn1cc(N)c(C(=O)NC(C)c2ncn[nH]2)n1. The molecule has 8 nitrogen and oxygen atoms in total. The maximum absolute atomic E-state index is 12.0. The van der Waals surface area contributed by atoms with E-state index in [-0.39, 0.29) is 17.6 Å². The van der Waals surface area contributed by atoms with E-state index in [4.69, 9.17) is 5.73 Å². The standard InChI is InChI=1S/C10H15N7O/c1-3-17-4-7(11)8(16-17)10(18)14-6(2)9-12-5-13-15-9/h4-6H,3,11H2,1-2H3,(H,14,18)(H,12,13,15). The largest absolute Gasteiger partial charge is 0.396 e. The van der Waals surface area contributed by atoms with Crippen LogP contribution in [0.25, 0.3) is 0 Å². The fraction of sp³-hybridized carbons (Fsp3) is 0.400. The molecule has 4 N–H and O–H groups in total. The maximum Gasteiger partial charge on any atom is 0.274 e. The van der Waals surface area contributed by atoms with Crippen molar-refractivity contribution in [3.8, 4) is 0 Å². The zero-order valence-electron chi connectivity index (χ0n) is 10.2. The van der Waals surface area contributed by atoms with E-state index in [1.807, 2.05) is 6.92 Å². The van der Waals surface area contributed by atoms with Gasteiger partial charge in [-0.05, 0) is 13.8 Å². The van der Waals surface area contributed by atoms with Crippen molar-refractivity contribution in [2.75, 3.05) is 5.73 Å². The lowest BCUT2D eigenvalue weighted by Crippen LogP contribution is -2.28. The van der Waals surface area contributed by atoms with Crippen molar-refractivity contribution in [2.45, 2.75) is 26.4 Å². The molecule has 0 aliphatic rings. The number of H-pyrrole nitrogens is 1. The predicted molar refractivity (Wildman–Crippen MR) is 64.6 cm³/mol. The molecule has 2 aromatic heterocycles. The van der Waals surface area contributed by atoms with Gasteiger partial charge in [-0.1, -0.05) is 0 Å². The summed E-state index contributed by atoms with van der Waals surface area (Å²) in [5.74, 6) is 0.250. The molecule has 0 aliphatic heterocycles. The third-order valence-electron chi connectivity index (χ3n) is 2.52. The highest BCUT2D eigenvalue weighted by molar-refractivity contribution is 5.97. The van der Waals surface area contributed by atoms with Crippen LogP contribution in [0.15, 0.2) is 12.5 Å². The van der Waals surface area contributed by atoms with Gasteiger partial charge in [-0.3, -0.25) is 14.6 Å². The summed E-state index contributed by atoms with van der Waals surface area (Å²) < 4.78 is 1.61. The molecule has 0 radical (unpaired) electrons. The first kappa shape index (κ1) is 12.1. The molecule has 0 aliphatic carbocycles. The molecule has 18 heavy (non-hydrogen) atoms. The molecule has 2 aromatic rings. The molecule has 8 heteroatoms. The second-order valence-corrected chi connectivity index (χ2v) is 3.85. The van der Waals surface area contributed by atoms with E-state index in [0.29, 0.717) is 18.1 Å². The van der Waals surface area contributed by atoms with Gasteiger partial charge in [0.2, 0.25) is 0 Å². The number of carbonyl (C=O) groups is 1. The van der Waals surface area contributed by atoms with E-state index in [1.54, 1.807) is 17.8 Å². The average Bonchev–Trinajstić information content (AvgIpc) is 2.97. The van der Waals surface area contributed by atoms with Gasteiger partial charge in [0.1, 0.15) is 12.2 Å². The third kappa shape index (κ3) is 2.31. The monoisotopic (exact) mass is 249 g/mol. The molecule has 0 bridgehead atoms. The summed E-state index contributed by atoms with van der Waals surface area (Å²) >= 11 is 0. The lowest BCUT2D eigenvalue weighted by molar-refractivity contribution is 0.0933. The van der Waals surface area contributed by atoms with Gasteiger partial charge in [-0.25, -0.2) is 4.98 Å². The highest BCUT2D eigenvalue weighted by Crippen LogP contribution is 2.11. The molecule has 1 amide bonds. The van der Waals surface area contributed by atoms with Crippen LogP contribution < -0.4 is 11.1 Å². The third-order valence-corrected chi connectivity index (χ3v) is 2.52. The summed E-state index contributed by atoms with van der Waals surface area (Å²) in [4.78, 5) is 15.9. The molecule has 2 heterocycles. The lowest BCUT2D eigenvalue weighted by Gasteiger charge is -2.09. The van der Waals surface area contributed by atoms with Crippen LogP contribution in [0, 0.1) is 0 Å². The van der Waals surface area contributed by atoms with Crippen molar-refractivity contribution in [1.82, 2.24) is 30.3 Å². The van der Waals surface area contributed by atoms with Crippen molar-refractivity contribution in [1.29, 1.82) is 0 Å². The van der Waals surface area contributed by atoms with Gasteiger partial charge in [0, 0.05) is 12.7 Å². The second kappa shape index (κ2) is 4.86. The van der Waals surface area contributed by atoms with Crippen molar-refractivity contribution >= 4 is 11.6 Å². The topological polar surface area (TPSA) is 115 Å². The molecule has 96 valence electrons. The van der Waals surface area contributed by atoms with Gasteiger partial charge in [0.25, 0.3) is 5.91 Å². The summed E-state index contributed by atoms with van der Waals surface area (Å²) in [6, 6.07) is -0.286. The van der Waals surface area contributed by atoms with Gasteiger partial charge in [-0.2, -0.15) is 10.2 Å². The number of nitrogens with zero attached hydrogens (tertiary/aromatic N) is 4. The van der Waals surface area contributed by atoms with Crippen LogP contribution in [0.3, 0.4) is 0 Å². The molecule has 0 aromatic carbocycles. The van der Waals surface area contributed by atoms with Crippen LogP contribution in [0.4, 0.5) is 5.69 Å². The summed E-state index contributed by atoms with van der Waals surface area (Å²) in [5, 5.41) is 13.3. The van der Waals surface area contributed by atoms with Crippen molar-refractivity contribution < 1.29 is 4.79 Å². The predicted octanol–water partition coefficient (Wildman–Crippen LogP) is 0.0943. The number of anilines is 1. The van der Waals surface area contributed by atoms with E-state index in [9.17, 15) is 4.79 Å². The van der Waals surface area contributed by atoms with Gasteiger partial charge < -0.3 is 11.1 Å². The summed E-state index contributed by atoms with van der Waals surface area (Å²) in [6.45, 7) is 4.38. The second-order valence-electron chi connectivity index (χ2n) is 3.85. The van der Waals surface area contributed by atoms with E-state index in [0.717, 1.165) is 0 Å². The van der Waals surface area contributed by atoms with E-state index >= 15 is 0 Å². The summed E-state index contributed by atoms with van der Waals surface area (Å²) in [7, 11) is 0. The number of aromatic nitrogens is 5.